The number of hydrogen-bond acceptors (Lipinski definition) is 1. The highest BCUT2D eigenvalue weighted by atomic mass is 14.9. The third kappa shape index (κ3) is 3.38. The Morgan fingerprint density at radius 2 is 1.52 bits per heavy atom. The lowest BCUT2D eigenvalue weighted by molar-refractivity contribution is 0.514. The van der Waals surface area contributed by atoms with Gasteiger partial charge in [0.15, 0.2) is 0 Å². The van der Waals surface area contributed by atoms with Gasteiger partial charge in [0.1, 0.15) is 0 Å². The van der Waals surface area contributed by atoms with Gasteiger partial charge >= 0.3 is 0 Å². The highest BCUT2D eigenvalue weighted by molar-refractivity contribution is 5.73. The molecule has 0 aliphatic heterocycles. The Morgan fingerprint density at radius 3 is 2.36 bits per heavy atom. The van der Waals surface area contributed by atoms with Crippen LogP contribution in [0.3, 0.4) is 0 Å². The summed E-state index contributed by atoms with van der Waals surface area (Å²) in [6.45, 7) is 3.29. The van der Waals surface area contributed by atoms with Crippen molar-refractivity contribution in [1.82, 2.24) is 5.32 Å². The fourth-order valence-electron chi connectivity index (χ4n) is 4.03. The molecule has 1 heteroatoms. The predicted octanol–water partition coefficient (Wildman–Crippen LogP) is 5.73. The summed E-state index contributed by atoms with van der Waals surface area (Å²) in [5, 5.41) is 3.70. The average molecular weight is 327 g/mol. The quantitative estimate of drug-likeness (QED) is 0.630. The Hall–Kier alpha value is -2.38. The van der Waals surface area contributed by atoms with Crippen LogP contribution in [0.5, 0.6) is 0 Å². The second-order valence-electron chi connectivity index (χ2n) is 7.02. The standard InChI is InChI=1S/C24H25N/c1-18(19-9-3-2-4-10-19)25-16-15-21-17-20-11-5-6-12-22(20)24-14-8-7-13-23(21)24/h2-14,18,21,25H,15-17H2,1H3. The van der Waals surface area contributed by atoms with Crippen molar-refractivity contribution in [2.45, 2.75) is 31.7 Å². The van der Waals surface area contributed by atoms with Crippen LogP contribution in [-0.4, -0.2) is 6.54 Å². The van der Waals surface area contributed by atoms with Crippen molar-refractivity contribution >= 4 is 0 Å². The monoisotopic (exact) mass is 327 g/mol. The van der Waals surface area contributed by atoms with E-state index in [1.165, 1.54) is 34.2 Å². The molecule has 0 fully saturated rings. The first-order chi connectivity index (χ1) is 12.3. The Balaban J connectivity index is 1.47. The number of benzene rings is 3. The van der Waals surface area contributed by atoms with Crippen LogP contribution in [0.25, 0.3) is 11.1 Å². The van der Waals surface area contributed by atoms with Crippen LogP contribution < -0.4 is 5.32 Å². The molecule has 1 N–H and O–H groups in total. The lowest BCUT2D eigenvalue weighted by atomic mass is 9.77. The van der Waals surface area contributed by atoms with Gasteiger partial charge in [-0.1, -0.05) is 78.9 Å². The molecule has 3 aromatic carbocycles. The lowest BCUT2D eigenvalue weighted by Crippen LogP contribution is -2.23. The van der Waals surface area contributed by atoms with Gasteiger partial charge in [-0.05, 0) is 60.0 Å². The maximum Gasteiger partial charge on any atom is 0.0291 e. The molecule has 0 radical (unpaired) electrons. The zero-order chi connectivity index (χ0) is 17.1. The molecule has 25 heavy (non-hydrogen) atoms. The van der Waals surface area contributed by atoms with Gasteiger partial charge in [-0.3, -0.25) is 0 Å². The van der Waals surface area contributed by atoms with Crippen LogP contribution >= 0.6 is 0 Å². The van der Waals surface area contributed by atoms with Gasteiger partial charge in [-0.25, -0.2) is 0 Å². The Kier molecular flexibility index (Phi) is 4.67. The molecule has 2 atom stereocenters. The molecule has 0 spiro atoms. The van der Waals surface area contributed by atoms with E-state index >= 15 is 0 Å². The Bertz CT molecular complexity index is 837. The van der Waals surface area contributed by atoms with Gasteiger partial charge in [0, 0.05) is 6.04 Å². The smallest absolute Gasteiger partial charge is 0.0291 e. The van der Waals surface area contributed by atoms with Crippen molar-refractivity contribution in [1.29, 1.82) is 0 Å². The van der Waals surface area contributed by atoms with Gasteiger partial charge in [-0.2, -0.15) is 0 Å². The van der Waals surface area contributed by atoms with Crippen molar-refractivity contribution < 1.29 is 0 Å². The summed E-state index contributed by atoms with van der Waals surface area (Å²) in [6.07, 6.45) is 2.32. The summed E-state index contributed by atoms with van der Waals surface area (Å²) in [4.78, 5) is 0. The summed E-state index contributed by atoms with van der Waals surface area (Å²) >= 11 is 0. The molecule has 3 aromatic rings. The average Bonchev–Trinajstić information content (AvgIpc) is 2.68. The molecule has 4 rings (SSSR count). The molecular formula is C24H25N. The van der Waals surface area contributed by atoms with Crippen molar-refractivity contribution in [2.24, 2.45) is 0 Å². The van der Waals surface area contributed by atoms with Gasteiger partial charge in [-0.15, -0.1) is 0 Å². The highest BCUT2D eigenvalue weighted by Gasteiger charge is 2.23. The fourth-order valence-corrected chi connectivity index (χ4v) is 4.03. The largest absolute Gasteiger partial charge is 0.310 e. The zero-order valence-corrected chi connectivity index (χ0v) is 14.8. The molecule has 0 bridgehead atoms. The van der Waals surface area contributed by atoms with Crippen molar-refractivity contribution in [3.05, 3.63) is 95.6 Å². The van der Waals surface area contributed by atoms with E-state index in [9.17, 15) is 0 Å². The maximum absolute atomic E-state index is 3.70. The summed E-state index contributed by atoms with van der Waals surface area (Å²) in [7, 11) is 0. The first-order valence-electron chi connectivity index (χ1n) is 9.28. The van der Waals surface area contributed by atoms with Gasteiger partial charge in [0.05, 0.1) is 0 Å². The topological polar surface area (TPSA) is 12.0 Å². The summed E-state index contributed by atoms with van der Waals surface area (Å²) in [5.74, 6) is 0.599. The van der Waals surface area contributed by atoms with Crippen molar-refractivity contribution in [2.75, 3.05) is 6.54 Å². The third-order valence-corrected chi connectivity index (χ3v) is 5.42. The van der Waals surface area contributed by atoms with Gasteiger partial charge in [0.25, 0.3) is 0 Å². The number of nitrogens with one attached hydrogen (secondary N) is 1. The third-order valence-electron chi connectivity index (χ3n) is 5.42. The molecule has 1 aliphatic rings. The normalized spacial score (nSPS) is 16.8. The van der Waals surface area contributed by atoms with Crippen LogP contribution in [0.15, 0.2) is 78.9 Å². The van der Waals surface area contributed by atoms with Crippen LogP contribution in [0.2, 0.25) is 0 Å². The molecule has 1 aliphatic carbocycles. The van der Waals surface area contributed by atoms with E-state index in [2.05, 4.69) is 91.1 Å². The first-order valence-corrected chi connectivity index (χ1v) is 9.28. The molecule has 0 amide bonds. The molecule has 0 saturated heterocycles. The van der Waals surface area contributed by atoms with Gasteiger partial charge in [0.2, 0.25) is 0 Å². The van der Waals surface area contributed by atoms with E-state index < -0.39 is 0 Å². The predicted molar refractivity (Wildman–Crippen MR) is 106 cm³/mol. The molecule has 1 nitrogen and oxygen atoms in total. The molecular weight excluding hydrogens is 302 g/mol. The maximum atomic E-state index is 3.70. The zero-order valence-electron chi connectivity index (χ0n) is 14.8. The van der Waals surface area contributed by atoms with Crippen LogP contribution in [0.1, 0.15) is 42.0 Å². The molecule has 126 valence electrons. The number of rotatable bonds is 5. The van der Waals surface area contributed by atoms with Gasteiger partial charge < -0.3 is 5.32 Å². The molecule has 0 saturated carbocycles. The molecule has 0 aromatic heterocycles. The van der Waals surface area contributed by atoms with Crippen LogP contribution in [0.4, 0.5) is 0 Å². The van der Waals surface area contributed by atoms with Crippen LogP contribution in [-0.2, 0) is 6.42 Å². The van der Waals surface area contributed by atoms with Crippen molar-refractivity contribution in [3.63, 3.8) is 0 Å². The van der Waals surface area contributed by atoms with E-state index in [0.717, 1.165) is 13.0 Å². The Labute approximate surface area is 150 Å². The minimum Gasteiger partial charge on any atom is -0.310 e. The van der Waals surface area contributed by atoms with E-state index in [1.54, 1.807) is 0 Å². The summed E-state index contributed by atoms with van der Waals surface area (Å²) < 4.78 is 0. The summed E-state index contributed by atoms with van der Waals surface area (Å²) in [5.41, 5.74) is 7.19. The SMILES string of the molecule is CC(NCCC1Cc2ccccc2-c2ccccc21)c1ccccc1. The fraction of sp³-hybridized carbons (Fsp3) is 0.250. The molecule has 2 unspecified atom stereocenters. The highest BCUT2D eigenvalue weighted by Crippen LogP contribution is 2.40. The minimum absolute atomic E-state index is 0.396. The van der Waals surface area contributed by atoms with Crippen LogP contribution in [0, 0.1) is 0 Å². The minimum atomic E-state index is 0.396. The number of fused-ring (bicyclic) bond motifs is 3. The molecule has 0 heterocycles. The second kappa shape index (κ2) is 7.25. The summed E-state index contributed by atoms with van der Waals surface area (Å²) in [6, 6.07) is 28.9. The van der Waals surface area contributed by atoms with E-state index in [1.807, 2.05) is 0 Å². The second-order valence-corrected chi connectivity index (χ2v) is 7.02. The van der Waals surface area contributed by atoms with E-state index in [-0.39, 0.29) is 0 Å². The van der Waals surface area contributed by atoms with E-state index in [0.29, 0.717) is 12.0 Å². The first kappa shape index (κ1) is 16.1. The van der Waals surface area contributed by atoms with E-state index in [4.69, 9.17) is 0 Å². The van der Waals surface area contributed by atoms with Crippen molar-refractivity contribution in [3.8, 4) is 11.1 Å². The lowest BCUT2D eigenvalue weighted by Gasteiger charge is -2.28. The number of hydrogen-bond donors (Lipinski definition) is 1. The Morgan fingerprint density at radius 1 is 0.840 bits per heavy atom.